The van der Waals surface area contributed by atoms with Crippen LogP contribution in [0.4, 0.5) is 17.2 Å². The number of carbonyl (C=O) groups excluding carboxylic acids is 1. The zero-order chi connectivity index (χ0) is 17.9. The Balaban J connectivity index is 1.46. The number of fused-ring (bicyclic) bond motifs is 1. The Morgan fingerprint density at radius 2 is 1.81 bits per heavy atom. The summed E-state index contributed by atoms with van der Waals surface area (Å²) in [6.07, 6.45) is 1.72. The zero-order valence-electron chi connectivity index (χ0n) is 14.2. The molecule has 0 atom stereocenters. The monoisotopic (exact) mass is 347 g/mol. The Morgan fingerprint density at radius 3 is 2.58 bits per heavy atom. The highest BCUT2D eigenvalue weighted by atomic mass is 16.7. The predicted octanol–water partition coefficient (Wildman–Crippen LogP) is 3.83. The van der Waals surface area contributed by atoms with Crippen LogP contribution in [0, 0.1) is 0 Å². The molecule has 0 unspecified atom stereocenters. The second-order valence-corrected chi connectivity index (χ2v) is 5.82. The van der Waals surface area contributed by atoms with Crippen LogP contribution in [0.25, 0.3) is 0 Å². The van der Waals surface area contributed by atoms with Crippen molar-refractivity contribution in [1.29, 1.82) is 0 Å². The van der Waals surface area contributed by atoms with Crippen molar-refractivity contribution in [2.75, 3.05) is 24.1 Å². The minimum atomic E-state index is -0.250. The molecule has 2 heterocycles. The van der Waals surface area contributed by atoms with Crippen LogP contribution in [0.15, 0.2) is 66.9 Å². The Morgan fingerprint density at radius 1 is 1.00 bits per heavy atom. The lowest BCUT2D eigenvalue weighted by Gasteiger charge is -2.19. The molecule has 0 spiro atoms. The van der Waals surface area contributed by atoms with E-state index < -0.39 is 0 Å². The number of amides is 1. The second kappa shape index (κ2) is 6.76. The van der Waals surface area contributed by atoms with E-state index in [1.807, 2.05) is 48.3 Å². The molecule has 0 saturated carbocycles. The van der Waals surface area contributed by atoms with Gasteiger partial charge in [-0.25, -0.2) is 4.98 Å². The van der Waals surface area contributed by atoms with Crippen molar-refractivity contribution in [2.24, 2.45) is 0 Å². The van der Waals surface area contributed by atoms with Gasteiger partial charge in [0.05, 0.1) is 11.9 Å². The minimum absolute atomic E-state index is 0.179. The molecular weight excluding hydrogens is 330 g/mol. The van der Waals surface area contributed by atoms with E-state index in [1.165, 1.54) is 0 Å². The first-order chi connectivity index (χ1) is 12.7. The molecule has 1 N–H and O–H groups in total. The summed E-state index contributed by atoms with van der Waals surface area (Å²) in [6, 6.07) is 18.8. The van der Waals surface area contributed by atoms with Gasteiger partial charge in [0.1, 0.15) is 5.82 Å². The molecule has 6 heteroatoms. The van der Waals surface area contributed by atoms with Crippen molar-refractivity contribution in [2.45, 2.75) is 0 Å². The smallest absolute Gasteiger partial charge is 0.256 e. The van der Waals surface area contributed by atoms with Gasteiger partial charge < -0.3 is 19.7 Å². The SMILES string of the molecule is CN(c1ccccc1)c1ccc(NC(=O)c2ccc3c(c2)OCO3)nc1. The van der Waals surface area contributed by atoms with Crippen molar-refractivity contribution < 1.29 is 14.3 Å². The number of hydrogen-bond acceptors (Lipinski definition) is 5. The molecule has 130 valence electrons. The molecular formula is C20H17N3O3. The highest BCUT2D eigenvalue weighted by Crippen LogP contribution is 2.32. The number of para-hydroxylation sites is 1. The molecule has 1 amide bonds. The van der Waals surface area contributed by atoms with E-state index >= 15 is 0 Å². The molecule has 0 bridgehead atoms. The standard InChI is InChI=1S/C20H17N3O3/c1-23(15-5-3-2-4-6-15)16-8-10-19(21-12-16)22-20(24)14-7-9-17-18(11-14)26-13-25-17/h2-12H,13H2,1H3,(H,21,22,24). The number of aromatic nitrogens is 1. The number of nitrogens with one attached hydrogen (secondary N) is 1. The number of ether oxygens (including phenoxy) is 2. The van der Waals surface area contributed by atoms with E-state index in [0.29, 0.717) is 22.9 Å². The molecule has 0 radical (unpaired) electrons. The summed E-state index contributed by atoms with van der Waals surface area (Å²) < 4.78 is 10.6. The van der Waals surface area contributed by atoms with Crippen LogP contribution in [-0.2, 0) is 0 Å². The maximum Gasteiger partial charge on any atom is 0.256 e. The maximum absolute atomic E-state index is 12.4. The summed E-state index contributed by atoms with van der Waals surface area (Å²) in [5.74, 6) is 1.45. The van der Waals surface area contributed by atoms with Gasteiger partial charge in [0, 0.05) is 18.3 Å². The zero-order valence-corrected chi connectivity index (χ0v) is 14.2. The van der Waals surface area contributed by atoms with Crippen molar-refractivity contribution in [3.63, 3.8) is 0 Å². The molecule has 1 aliphatic rings. The fraction of sp³-hybridized carbons (Fsp3) is 0.100. The summed E-state index contributed by atoms with van der Waals surface area (Å²) in [4.78, 5) is 18.8. The van der Waals surface area contributed by atoms with E-state index in [4.69, 9.17) is 9.47 Å². The molecule has 0 fully saturated rings. The maximum atomic E-state index is 12.4. The highest BCUT2D eigenvalue weighted by molar-refractivity contribution is 6.04. The minimum Gasteiger partial charge on any atom is -0.454 e. The number of rotatable bonds is 4. The molecule has 1 aliphatic heterocycles. The fourth-order valence-electron chi connectivity index (χ4n) is 2.69. The predicted molar refractivity (Wildman–Crippen MR) is 99.3 cm³/mol. The topological polar surface area (TPSA) is 63.7 Å². The second-order valence-electron chi connectivity index (χ2n) is 5.82. The third-order valence-corrected chi connectivity index (χ3v) is 4.16. The summed E-state index contributed by atoms with van der Waals surface area (Å²) in [6.45, 7) is 0.179. The first-order valence-electron chi connectivity index (χ1n) is 8.16. The van der Waals surface area contributed by atoms with Gasteiger partial charge in [-0.1, -0.05) is 18.2 Å². The highest BCUT2D eigenvalue weighted by Gasteiger charge is 2.16. The van der Waals surface area contributed by atoms with Gasteiger partial charge in [0.2, 0.25) is 6.79 Å². The van der Waals surface area contributed by atoms with Crippen LogP contribution in [0.3, 0.4) is 0 Å². The van der Waals surface area contributed by atoms with E-state index in [-0.39, 0.29) is 12.7 Å². The number of nitrogens with zero attached hydrogens (tertiary/aromatic N) is 2. The van der Waals surface area contributed by atoms with Gasteiger partial charge in [0.15, 0.2) is 11.5 Å². The van der Waals surface area contributed by atoms with Crippen molar-refractivity contribution in [3.05, 3.63) is 72.4 Å². The fourth-order valence-corrected chi connectivity index (χ4v) is 2.69. The molecule has 6 nitrogen and oxygen atoms in total. The van der Waals surface area contributed by atoms with E-state index in [2.05, 4.69) is 10.3 Å². The Hall–Kier alpha value is -3.54. The van der Waals surface area contributed by atoms with Crippen molar-refractivity contribution in [1.82, 2.24) is 4.98 Å². The summed E-state index contributed by atoms with van der Waals surface area (Å²) >= 11 is 0. The first-order valence-corrected chi connectivity index (χ1v) is 8.16. The number of benzene rings is 2. The summed E-state index contributed by atoms with van der Waals surface area (Å²) in [5.41, 5.74) is 2.48. The van der Waals surface area contributed by atoms with Crippen molar-refractivity contribution >= 4 is 23.1 Å². The third kappa shape index (κ3) is 3.17. The van der Waals surface area contributed by atoms with Gasteiger partial charge in [-0.15, -0.1) is 0 Å². The van der Waals surface area contributed by atoms with Gasteiger partial charge in [-0.05, 0) is 42.5 Å². The van der Waals surface area contributed by atoms with E-state index in [1.54, 1.807) is 30.5 Å². The van der Waals surface area contributed by atoms with Gasteiger partial charge in [-0.3, -0.25) is 4.79 Å². The third-order valence-electron chi connectivity index (χ3n) is 4.16. The van der Waals surface area contributed by atoms with Crippen LogP contribution >= 0.6 is 0 Å². The quantitative estimate of drug-likeness (QED) is 0.777. The van der Waals surface area contributed by atoms with Gasteiger partial charge in [-0.2, -0.15) is 0 Å². The van der Waals surface area contributed by atoms with Crippen LogP contribution in [0.5, 0.6) is 11.5 Å². The molecule has 4 rings (SSSR count). The van der Waals surface area contributed by atoms with E-state index in [9.17, 15) is 4.79 Å². The van der Waals surface area contributed by atoms with E-state index in [0.717, 1.165) is 11.4 Å². The van der Waals surface area contributed by atoms with Gasteiger partial charge in [0.25, 0.3) is 5.91 Å². The summed E-state index contributed by atoms with van der Waals surface area (Å²) in [5, 5.41) is 2.79. The lowest BCUT2D eigenvalue weighted by atomic mass is 10.2. The van der Waals surface area contributed by atoms with Crippen LogP contribution in [0.1, 0.15) is 10.4 Å². The average Bonchev–Trinajstić information content (AvgIpc) is 3.16. The molecule has 3 aromatic rings. The number of pyridine rings is 1. The van der Waals surface area contributed by atoms with Crippen molar-refractivity contribution in [3.8, 4) is 11.5 Å². The number of hydrogen-bond donors (Lipinski definition) is 1. The van der Waals surface area contributed by atoms with Crippen LogP contribution < -0.4 is 19.7 Å². The van der Waals surface area contributed by atoms with Crippen LogP contribution in [-0.4, -0.2) is 24.7 Å². The molecule has 0 saturated heterocycles. The molecule has 26 heavy (non-hydrogen) atoms. The van der Waals surface area contributed by atoms with Crippen LogP contribution in [0.2, 0.25) is 0 Å². The number of carbonyl (C=O) groups is 1. The molecule has 1 aromatic heterocycles. The normalized spacial score (nSPS) is 11.9. The van der Waals surface area contributed by atoms with Gasteiger partial charge >= 0.3 is 0 Å². The molecule has 2 aromatic carbocycles. The Bertz CT molecular complexity index is 927. The first kappa shape index (κ1) is 16.0. The lowest BCUT2D eigenvalue weighted by molar-refractivity contribution is 0.102. The number of anilines is 3. The molecule has 0 aliphatic carbocycles. The summed E-state index contributed by atoms with van der Waals surface area (Å²) in [7, 11) is 1.97. The average molecular weight is 347 g/mol. The Labute approximate surface area is 151 Å². The largest absolute Gasteiger partial charge is 0.454 e. The Kier molecular flexibility index (Phi) is 4.15. The lowest BCUT2D eigenvalue weighted by Crippen LogP contribution is -2.14.